The van der Waals surface area contributed by atoms with Gasteiger partial charge in [-0.2, -0.15) is 0 Å². The van der Waals surface area contributed by atoms with Crippen molar-refractivity contribution in [1.82, 2.24) is 5.32 Å². The van der Waals surface area contributed by atoms with Crippen LogP contribution in [0.3, 0.4) is 0 Å². The molecule has 2 aromatic carbocycles. The van der Waals surface area contributed by atoms with Crippen molar-refractivity contribution in [3.63, 3.8) is 0 Å². The van der Waals surface area contributed by atoms with Crippen LogP contribution in [0.4, 0.5) is 0 Å². The average molecular weight is 390 g/mol. The first kappa shape index (κ1) is 21.0. The van der Waals surface area contributed by atoms with E-state index in [2.05, 4.69) is 17.4 Å². The van der Waals surface area contributed by atoms with Crippen LogP contribution in [0.2, 0.25) is 0 Å². The van der Waals surface area contributed by atoms with E-state index < -0.39 is 0 Å². The molecule has 0 fully saturated rings. The van der Waals surface area contributed by atoms with Crippen LogP contribution >= 0.6 is 11.8 Å². The molecule has 146 valence electrons. The number of rotatable bonds is 11. The summed E-state index contributed by atoms with van der Waals surface area (Å²) in [5.41, 5.74) is 0.972. The third-order valence-electron chi connectivity index (χ3n) is 4.02. The van der Waals surface area contributed by atoms with E-state index in [0.29, 0.717) is 36.6 Å². The standard InChI is InChI=1S/C21H27NO4S/c1-24-18-14-16(15-19(25-2)21(18)26-3)10-11-20(23)22-12-7-13-27-17-8-5-4-6-9-17/h4-6,8-9,14-15H,7,10-13H2,1-3H3,(H,22,23). The lowest BCUT2D eigenvalue weighted by atomic mass is 10.1. The van der Waals surface area contributed by atoms with E-state index in [0.717, 1.165) is 17.7 Å². The number of methoxy groups -OCH3 is 3. The zero-order valence-electron chi connectivity index (χ0n) is 16.1. The van der Waals surface area contributed by atoms with Gasteiger partial charge < -0.3 is 19.5 Å². The van der Waals surface area contributed by atoms with Crippen LogP contribution in [0.5, 0.6) is 17.2 Å². The molecule has 0 aromatic heterocycles. The largest absolute Gasteiger partial charge is 0.493 e. The van der Waals surface area contributed by atoms with E-state index in [1.54, 1.807) is 33.1 Å². The van der Waals surface area contributed by atoms with E-state index in [1.165, 1.54) is 4.90 Å². The number of benzene rings is 2. The molecule has 0 aliphatic rings. The molecule has 2 rings (SSSR count). The van der Waals surface area contributed by atoms with Gasteiger partial charge in [0.25, 0.3) is 0 Å². The third-order valence-corrected chi connectivity index (χ3v) is 5.12. The minimum Gasteiger partial charge on any atom is -0.493 e. The fraction of sp³-hybridized carbons (Fsp3) is 0.381. The van der Waals surface area contributed by atoms with E-state index in [9.17, 15) is 4.79 Å². The van der Waals surface area contributed by atoms with Crippen LogP contribution in [0, 0.1) is 0 Å². The number of thioether (sulfide) groups is 1. The summed E-state index contributed by atoms with van der Waals surface area (Å²) in [6.45, 7) is 0.688. The molecular weight excluding hydrogens is 362 g/mol. The Kier molecular flexibility index (Phi) is 8.84. The lowest BCUT2D eigenvalue weighted by molar-refractivity contribution is -0.121. The number of nitrogens with one attached hydrogen (secondary N) is 1. The molecule has 0 radical (unpaired) electrons. The summed E-state index contributed by atoms with van der Waals surface area (Å²) in [6, 6.07) is 14.0. The van der Waals surface area contributed by atoms with Gasteiger partial charge in [0, 0.05) is 17.9 Å². The highest BCUT2D eigenvalue weighted by atomic mass is 32.2. The number of carbonyl (C=O) groups is 1. The molecule has 5 nitrogen and oxygen atoms in total. The summed E-state index contributed by atoms with van der Waals surface area (Å²) >= 11 is 1.80. The molecule has 0 aliphatic carbocycles. The Morgan fingerprint density at radius 2 is 1.67 bits per heavy atom. The minimum atomic E-state index is 0.0495. The maximum absolute atomic E-state index is 12.1. The Morgan fingerprint density at radius 1 is 1.00 bits per heavy atom. The number of hydrogen-bond acceptors (Lipinski definition) is 5. The van der Waals surface area contributed by atoms with Crippen LogP contribution in [0.15, 0.2) is 47.4 Å². The zero-order valence-corrected chi connectivity index (χ0v) is 16.9. The molecule has 27 heavy (non-hydrogen) atoms. The van der Waals surface area contributed by atoms with Gasteiger partial charge in [-0.3, -0.25) is 4.79 Å². The molecule has 0 saturated heterocycles. The van der Waals surface area contributed by atoms with Crippen molar-refractivity contribution in [2.24, 2.45) is 0 Å². The first-order valence-corrected chi connectivity index (χ1v) is 9.90. The van der Waals surface area contributed by atoms with E-state index in [1.807, 2.05) is 30.3 Å². The summed E-state index contributed by atoms with van der Waals surface area (Å²) in [7, 11) is 4.74. The van der Waals surface area contributed by atoms with E-state index in [-0.39, 0.29) is 5.91 Å². The van der Waals surface area contributed by atoms with Crippen molar-refractivity contribution in [3.05, 3.63) is 48.0 Å². The van der Waals surface area contributed by atoms with Gasteiger partial charge in [0.05, 0.1) is 21.3 Å². The SMILES string of the molecule is COc1cc(CCC(=O)NCCCSc2ccccc2)cc(OC)c1OC. The summed E-state index contributed by atoms with van der Waals surface area (Å²) in [5.74, 6) is 2.80. The number of ether oxygens (including phenoxy) is 3. The van der Waals surface area contributed by atoms with Crippen molar-refractivity contribution < 1.29 is 19.0 Å². The molecule has 0 aliphatic heterocycles. The smallest absolute Gasteiger partial charge is 0.220 e. The van der Waals surface area contributed by atoms with Gasteiger partial charge >= 0.3 is 0 Å². The Balaban J connectivity index is 1.73. The molecule has 0 spiro atoms. The van der Waals surface area contributed by atoms with Crippen LogP contribution in [-0.2, 0) is 11.2 Å². The third kappa shape index (κ3) is 6.71. The van der Waals surface area contributed by atoms with Crippen molar-refractivity contribution in [2.75, 3.05) is 33.6 Å². The Bertz CT molecular complexity index is 696. The molecule has 1 N–H and O–H groups in total. The fourth-order valence-electron chi connectivity index (χ4n) is 2.63. The highest BCUT2D eigenvalue weighted by Gasteiger charge is 2.13. The number of hydrogen-bond donors (Lipinski definition) is 1. The van der Waals surface area contributed by atoms with Crippen LogP contribution in [0.25, 0.3) is 0 Å². The normalized spacial score (nSPS) is 10.3. The quantitative estimate of drug-likeness (QED) is 0.466. The molecule has 0 heterocycles. The molecule has 6 heteroatoms. The molecule has 0 saturated carbocycles. The van der Waals surface area contributed by atoms with Gasteiger partial charge in [0.1, 0.15) is 0 Å². The van der Waals surface area contributed by atoms with Crippen molar-refractivity contribution in [2.45, 2.75) is 24.2 Å². The van der Waals surface area contributed by atoms with Gasteiger partial charge in [-0.1, -0.05) is 18.2 Å². The first-order chi connectivity index (χ1) is 13.2. The van der Waals surface area contributed by atoms with Gasteiger partial charge in [-0.15, -0.1) is 11.8 Å². The number of aryl methyl sites for hydroxylation is 1. The summed E-state index contributed by atoms with van der Waals surface area (Å²) < 4.78 is 16.0. The van der Waals surface area contributed by atoms with Gasteiger partial charge in [-0.05, 0) is 48.4 Å². The summed E-state index contributed by atoms with van der Waals surface area (Å²) in [5, 5.41) is 2.98. The molecule has 0 bridgehead atoms. The highest BCUT2D eigenvalue weighted by Crippen LogP contribution is 2.38. The Morgan fingerprint density at radius 3 is 2.26 bits per heavy atom. The lowest BCUT2D eigenvalue weighted by Gasteiger charge is -2.14. The predicted molar refractivity (Wildman–Crippen MR) is 109 cm³/mol. The van der Waals surface area contributed by atoms with Gasteiger partial charge in [-0.25, -0.2) is 0 Å². The maximum atomic E-state index is 12.1. The molecule has 0 atom stereocenters. The highest BCUT2D eigenvalue weighted by molar-refractivity contribution is 7.99. The zero-order chi connectivity index (χ0) is 19.5. The average Bonchev–Trinajstić information content (AvgIpc) is 2.71. The van der Waals surface area contributed by atoms with Crippen LogP contribution < -0.4 is 19.5 Å². The first-order valence-electron chi connectivity index (χ1n) is 8.91. The lowest BCUT2D eigenvalue weighted by Crippen LogP contribution is -2.25. The maximum Gasteiger partial charge on any atom is 0.220 e. The predicted octanol–water partition coefficient (Wildman–Crippen LogP) is 3.94. The van der Waals surface area contributed by atoms with Crippen molar-refractivity contribution in [1.29, 1.82) is 0 Å². The van der Waals surface area contributed by atoms with Gasteiger partial charge in [0.2, 0.25) is 11.7 Å². The van der Waals surface area contributed by atoms with Crippen molar-refractivity contribution >= 4 is 17.7 Å². The van der Waals surface area contributed by atoms with Crippen LogP contribution in [-0.4, -0.2) is 39.5 Å². The second-order valence-electron chi connectivity index (χ2n) is 5.90. The molecule has 0 unspecified atom stereocenters. The van der Waals surface area contributed by atoms with Crippen LogP contribution in [0.1, 0.15) is 18.4 Å². The van der Waals surface area contributed by atoms with E-state index >= 15 is 0 Å². The second kappa shape index (κ2) is 11.4. The van der Waals surface area contributed by atoms with Crippen molar-refractivity contribution in [3.8, 4) is 17.2 Å². The monoisotopic (exact) mass is 389 g/mol. The van der Waals surface area contributed by atoms with E-state index in [4.69, 9.17) is 14.2 Å². The summed E-state index contributed by atoms with van der Waals surface area (Å²) in [6.07, 6.45) is 1.97. The Hall–Kier alpha value is -2.34. The molecular formula is C21H27NO4S. The summed E-state index contributed by atoms with van der Waals surface area (Å²) in [4.78, 5) is 13.3. The Labute approximate surface area is 165 Å². The second-order valence-corrected chi connectivity index (χ2v) is 7.07. The minimum absolute atomic E-state index is 0.0495. The number of carbonyl (C=O) groups excluding carboxylic acids is 1. The topological polar surface area (TPSA) is 56.8 Å². The van der Waals surface area contributed by atoms with Gasteiger partial charge in [0.15, 0.2) is 11.5 Å². The molecule has 1 amide bonds. The number of amides is 1. The fourth-order valence-corrected chi connectivity index (χ4v) is 3.51. The molecule has 2 aromatic rings.